The zero-order valence-electron chi connectivity index (χ0n) is 13.9. The summed E-state index contributed by atoms with van der Waals surface area (Å²) in [6.07, 6.45) is -1.68. The minimum atomic E-state index is -3.75. The summed E-state index contributed by atoms with van der Waals surface area (Å²) in [5, 5.41) is 29.5. The lowest BCUT2D eigenvalue weighted by Gasteiger charge is -2.37. The van der Waals surface area contributed by atoms with E-state index in [1.54, 1.807) is 0 Å². The minimum Gasteiger partial charge on any atom is -0.390 e. The molecule has 3 aliphatic carbocycles. The van der Waals surface area contributed by atoms with Crippen molar-refractivity contribution in [1.29, 1.82) is 0 Å². The summed E-state index contributed by atoms with van der Waals surface area (Å²) >= 11 is 0. The van der Waals surface area contributed by atoms with Gasteiger partial charge < -0.3 is 15.3 Å². The maximum atomic E-state index is 13.0. The van der Waals surface area contributed by atoms with Crippen molar-refractivity contribution in [3.63, 3.8) is 0 Å². The van der Waals surface area contributed by atoms with Gasteiger partial charge >= 0.3 is 0 Å². The molecule has 4 rings (SSSR count). The molecule has 0 aromatic heterocycles. The lowest BCUT2D eigenvalue weighted by molar-refractivity contribution is -0.137. The summed E-state index contributed by atoms with van der Waals surface area (Å²) in [4.78, 5) is 13.0. The molecule has 0 aromatic carbocycles. The molecule has 1 aliphatic heterocycles. The molecule has 4 fully saturated rings. The molecule has 1 saturated heterocycles. The first kappa shape index (κ1) is 16.8. The second-order valence-electron chi connectivity index (χ2n) is 8.65. The lowest BCUT2D eigenvalue weighted by Crippen LogP contribution is -2.48. The summed E-state index contributed by atoms with van der Waals surface area (Å²) in [6.45, 7) is 4.21. The standard InChI is InChI=1S/C16H25NO6S/c1-15(2)8-3-4-16(15)7-24(22,23)17(11(16)5-8)14(21)9-6-10(18)13(20)12(9)19/h8-13,18-20H,3-7H2,1-2H3/t8-,9-,10-,11-,12-,13-,16-/m1/s1. The third-order valence-electron chi connectivity index (χ3n) is 7.60. The van der Waals surface area contributed by atoms with Gasteiger partial charge in [-0.05, 0) is 37.0 Å². The van der Waals surface area contributed by atoms with Crippen molar-refractivity contribution in [3.8, 4) is 0 Å². The molecular weight excluding hydrogens is 334 g/mol. The Morgan fingerprint density at radius 3 is 2.33 bits per heavy atom. The minimum absolute atomic E-state index is 0.0200. The molecule has 7 atom stereocenters. The number of rotatable bonds is 1. The van der Waals surface area contributed by atoms with Crippen molar-refractivity contribution in [2.45, 2.75) is 63.9 Å². The monoisotopic (exact) mass is 359 g/mol. The van der Waals surface area contributed by atoms with E-state index in [1.807, 2.05) is 0 Å². The fourth-order valence-corrected chi connectivity index (χ4v) is 8.58. The average molecular weight is 359 g/mol. The molecule has 3 N–H and O–H groups in total. The summed E-state index contributed by atoms with van der Waals surface area (Å²) in [6, 6.07) is -0.356. The van der Waals surface area contributed by atoms with E-state index in [4.69, 9.17) is 0 Å². The molecule has 136 valence electrons. The summed E-state index contributed by atoms with van der Waals surface area (Å²) in [7, 11) is -3.75. The number of fused-ring (bicyclic) bond motifs is 1. The highest BCUT2D eigenvalue weighted by atomic mass is 32.2. The Labute approximate surface area is 141 Å². The van der Waals surface area contributed by atoms with E-state index in [0.717, 1.165) is 17.1 Å². The normalized spacial score (nSPS) is 51.1. The van der Waals surface area contributed by atoms with E-state index < -0.39 is 45.6 Å². The van der Waals surface area contributed by atoms with Crippen molar-refractivity contribution >= 4 is 15.9 Å². The third kappa shape index (κ3) is 1.78. The van der Waals surface area contributed by atoms with E-state index in [-0.39, 0.29) is 23.6 Å². The number of hydrogen-bond acceptors (Lipinski definition) is 6. The third-order valence-corrected chi connectivity index (χ3v) is 9.51. The van der Waals surface area contributed by atoms with Crippen LogP contribution in [0.15, 0.2) is 0 Å². The smallest absolute Gasteiger partial charge is 0.242 e. The van der Waals surface area contributed by atoms with E-state index in [2.05, 4.69) is 13.8 Å². The van der Waals surface area contributed by atoms with Crippen LogP contribution in [0, 0.1) is 22.7 Å². The van der Waals surface area contributed by atoms with Crippen LogP contribution >= 0.6 is 0 Å². The van der Waals surface area contributed by atoms with Crippen LogP contribution in [-0.4, -0.2) is 64.1 Å². The SMILES string of the molecule is CC1(C)[C@@H]2CC[C@]13CS(=O)(=O)N(C(=O)[C@@H]1C[C@@H](O)[C@@H](O)[C@@H]1O)[C@@H]3C2. The summed E-state index contributed by atoms with van der Waals surface area (Å²) in [5.41, 5.74) is -0.542. The Hall–Kier alpha value is -0.700. The molecule has 1 heterocycles. The molecule has 2 bridgehead atoms. The van der Waals surface area contributed by atoms with Crippen molar-refractivity contribution in [1.82, 2.24) is 4.31 Å². The average Bonchev–Trinajstić information content (AvgIpc) is 3.05. The zero-order valence-corrected chi connectivity index (χ0v) is 14.7. The van der Waals surface area contributed by atoms with Gasteiger partial charge in [-0.15, -0.1) is 0 Å². The first-order valence-corrected chi connectivity index (χ1v) is 10.2. The number of hydrogen-bond donors (Lipinski definition) is 3. The van der Waals surface area contributed by atoms with Crippen LogP contribution in [0.25, 0.3) is 0 Å². The van der Waals surface area contributed by atoms with Crippen LogP contribution in [0.1, 0.15) is 39.5 Å². The largest absolute Gasteiger partial charge is 0.390 e. The summed E-state index contributed by atoms with van der Waals surface area (Å²) in [5.74, 6) is -1.35. The Morgan fingerprint density at radius 1 is 1.12 bits per heavy atom. The van der Waals surface area contributed by atoms with Crippen molar-refractivity contribution in [3.05, 3.63) is 0 Å². The number of aliphatic hydroxyl groups excluding tert-OH is 3. The van der Waals surface area contributed by atoms with Crippen LogP contribution in [0.2, 0.25) is 0 Å². The fourth-order valence-electron chi connectivity index (χ4n) is 5.99. The predicted octanol–water partition coefficient (Wildman–Crippen LogP) is -0.544. The van der Waals surface area contributed by atoms with Gasteiger partial charge in [0.05, 0.1) is 29.9 Å². The zero-order chi connectivity index (χ0) is 17.7. The topological polar surface area (TPSA) is 115 Å². The molecule has 7 nitrogen and oxygen atoms in total. The summed E-state index contributed by atoms with van der Waals surface area (Å²) < 4.78 is 26.6. The fraction of sp³-hybridized carbons (Fsp3) is 0.938. The highest BCUT2D eigenvalue weighted by Gasteiger charge is 2.72. The van der Waals surface area contributed by atoms with Gasteiger partial charge in [0, 0.05) is 5.41 Å². The Kier molecular flexibility index (Phi) is 3.29. The van der Waals surface area contributed by atoms with E-state index in [0.29, 0.717) is 12.3 Å². The lowest BCUT2D eigenvalue weighted by atomic mass is 9.69. The van der Waals surface area contributed by atoms with Gasteiger partial charge in [0.25, 0.3) is 0 Å². The van der Waals surface area contributed by atoms with Crippen molar-refractivity contribution < 1.29 is 28.5 Å². The number of carbonyl (C=O) groups is 1. The number of sulfonamides is 1. The molecule has 0 aromatic rings. The van der Waals surface area contributed by atoms with Crippen LogP contribution in [0.3, 0.4) is 0 Å². The second kappa shape index (κ2) is 4.72. The molecule has 1 spiro atoms. The molecule has 0 radical (unpaired) electrons. The first-order valence-electron chi connectivity index (χ1n) is 8.63. The molecule has 24 heavy (non-hydrogen) atoms. The highest BCUT2D eigenvalue weighted by Crippen LogP contribution is 2.70. The van der Waals surface area contributed by atoms with Gasteiger partial charge in [0.15, 0.2) is 0 Å². The molecule has 3 saturated carbocycles. The second-order valence-corrected chi connectivity index (χ2v) is 10.5. The van der Waals surface area contributed by atoms with Gasteiger partial charge in [0.1, 0.15) is 6.10 Å². The Balaban J connectivity index is 1.71. The van der Waals surface area contributed by atoms with Crippen LogP contribution in [0.4, 0.5) is 0 Å². The number of nitrogens with zero attached hydrogens (tertiary/aromatic N) is 1. The molecule has 4 aliphatic rings. The number of amides is 1. The van der Waals surface area contributed by atoms with E-state index in [9.17, 15) is 28.5 Å². The maximum absolute atomic E-state index is 13.0. The Morgan fingerprint density at radius 2 is 1.79 bits per heavy atom. The highest BCUT2D eigenvalue weighted by molar-refractivity contribution is 7.90. The molecule has 1 amide bonds. The quantitative estimate of drug-likeness (QED) is 0.579. The van der Waals surface area contributed by atoms with Crippen LogP contribution < -0.4 is 0 Å². The van der Waals surface area contributed by atoms with E-state index in [1.165, 1.54) is 0 Å². The van der Waals surface area contributed by atoms with Crippen LogP contribution in [-0.2, 0) is 14.8 Å². The molecule has 8 heteroatoms. The van der Waals surface area contributed by atoms with E-state index >= 15 is 0 Å². The van der Waals surface area contributed by atoms with Gasteiger partial charge in [-0.25, -0.2) is 12.7 Å². The predicted molar refractivity (Wildman–Crippen MR) is 84.1 cm³/mol. The molecule has 0 unspecified atom stereocenters. The first-order chi connectivity index (χ1) is 11.0. The Bertz CT molecular complexity index is 691. The van der Waals surface area contributed by atoms with Crippen molar-refractivity contribution in [2.75, 3.05) is 5.75 Å². The van der Waals surface area contributed by atoms with Gasteiger partial charge in [-0.3, -0.25) is 4.79 Å². The molecular formula is C16H25NO6S. The maximum Gasteiger partial charge on any atom is 0.242 e. The number of carbonyl (C=O) groups excluding carboxylic acids is 1. The van der Waals surface area contributed by atoms with Gasteiger partial charge in [-0.1, -0.05) is 13.8 Å². The van der Waals surface area contributed by atoms with Gasteiger partial charge in [0.2, 0.25) is 15.9 Å². The van der Waals surface area contributed by atoms with Gasteiger partial charge in [-0.2, -0.15) is 0 Å². The number of aliphatic hydroxyl groups is 3. The van der Waals surface area contributed by atoms with Crippen molar-refractivity contribution in [2.24, 2.45) is 22.7 Å². The van der Waals surface area contributed by atoms with Crippen LogP contribution in [0.5, 0.6) is 0 Å².